The number of hydrogen-bond acceptors (Lipinski definition) is 4. The van der Waals surface area contributed by atoms with E-state index in [2.05, 4.69) is 31.1 Å². The molecule has 3 nitrogen and oxygen atoms in total. The Morgan fingerprint density at radius 2 is 2.31 bits per heavy atom. The van der Waals surface area contributed by atoms with Crippen molar-refractivity contribution in [2.75, 3.05) is 12.4 Å². The lowest BCUT2D eigenvalue weighted by Gasteiger charge is -2.30. The van der Waals surface area contributed by atoms with E-state index in [1.165, 1.54) is 0 Å². The van der Waals surface area contributed by atoms with Gasteiger partial charge in [0.15, 0.2) is 5.13 Å². The van der Waals surface area contributed by atoms with Gasteiger partial charge in [0, 0.05) is 18.7 Å². The molecule has 1 atom stereocenters. The fraction of sp³-hybridized carbons (Fsp3) is 0.667. The van der Waals surface area contributed by atoms with Gasteiger partial charge in [0.05, 0.1) is 11.6 Å². The van der Waals surface area contributed by atoms with Crippen molar-refractivity contribution in [2.24, 2.45) is 0 Å². The zero-order chi connectivity index (χ0) is 9.90. The summed E-state index contributed by atoms with van der Waals surface area (Å²) in [4.78, 5) is 4.16. The Balaban J connectivity index is 2.55. The SMILES string of the molecule is COC(C)(C)C(C)Nc1nccs1. The van der Waals surface area contributed by atoms with Crippen LogP contribution in [0.5, 0.6) is 0 Å². The molecule has 1 aromatic heterocycles. The highest BCUT2D eigenvalue weighted by atomic mass is 32.1. The molecule has 1 rings (SSSR count). The number of anilines is 1. The predicted molar refractivity (Wildman–Crippen MR) is 56.3 cm³/mol. The molecule has 74 valence electrons. The largest absolute Gasteiger partial charge is 0.377 e. The van der Waals surface area contributed by atoms with Crippen LogP contribution in [-0.2, 0) is 4.74 Å². The number of methoxy groups -OCH3 is 1. The monoisotopic (exact) mass is 200 g/mol. The minimum Gasteiger partial charge on any atom is -0.377 e. The molecule has 1 unspecified atom stereocenters. The van der Waals surface area contributed by atoms with Crippen molar-refractivity contribution < 1.29 is 4.74 Å². The van der Waals surface area contributed by atoms with Gasteiger partial charge in [-0.25, -0.2) is 4.98 Å². The molecule has 0 fully saturated rings. The van der Waals surface area contributed by atoms with Crippen molar-refractivity contribution in [1.82, 2.24) is 4.98 Å². The number of hydrogen-bond donors (Lipinski definition) is 1. The zero-order valence-corrected chi connectivity index (χ0v) is 9.31. The summed E-state index contributed by atoms with van der Waals surface area (Å²) in [7, 11) is 1.72. The first kappa shape index (κ1) is 10.5. The van der Waals surface area contributed by atoms with E-state index in [4.69, 9.17) is 4.74 Å². The van der Waals surface area contributed by atoms with Gasteiger partial charge in [-0.05, 0) is 20.8 Å². The standard InChI is InChI=1S/C9H16N2OS/c1-7(9(2,3)12-4)11-8-10-5-6-13-8/h5-7H,1-4H3,(H,10,11). The van der Waals surface area contributed by atoms with Gasteiger partial charge in [-0.15, -0.1) is 11.3 Å². The minimum absolute atomic E-state index is 0.175. The molecule has 0 spiro atoms. The van der Waals surface area contributed by atoms with Crippen molar-refractivity contribution in [3.63, 3.8) is 0 Å². The van der Waals surface area contributed by atoms with Crippen molar-refractivity contribution in [2.45, 2.75) is 32.4 Å². The summed E-state index contributed by atoms with van der Waals surface area (Å²) in [6, 6.07) is 0.239. The normalized spacial score (nSPS) is 14.2. The fourth-order valence-corrected chi connectivity index (χ4v) is 1.45. The Hall–Kier alpha value is -0.610. The van der Waals surface area contributed by atoms with Gasteiger partial charge in [0.2, 0.25) is 0 Å². The van der Waals surface area contributed by atoms with E-state index in [0.29, 0.717) is 0 Å². The summed E-state index contributed by atoms with van der Waals surface area (Å²) in [6.07, 6.45) is 1.79. The molecule has 4 heteroatoms. The third-order valence-corrected chi connectivity index (χ3v) is 3.05. The van der Waals surface area contributed by atoms with Gasteiger partial charge in [0.25, 0.3) is 0 Å². The van der Waals surface area contributed by atoms with Crippen molar-refractivity contribution in [1.29, 1.82) is 0 Å². The van der Waals surface area contributed by atoms with Crippen LogP contribution in [0.3, 0.4) is 0 Å². The lowest BCUT2D eigenvalue weighted by Crippen LogP contribution is -2.41. The zero-order valence-electron chi connectivity index (χ0n) is 8.50. The van der Waals surface area contributed by atoms with E-state index in [1.54, 1.807) is 24.6 Å². The molecule has 0 aromatic carbocycles. The fourth-order valence-electron chi connectivity index (χ4n) is 0.831. The molecule has 13 heavy (non-hydrogen) atoms. The number of thiazole rings is 1. The van der Waals surface area contributed by atoms with Gasteiger partial charge in [-0.2, -0.15) is 0 Å². The van der Waals surface area contributed by atoms with Crippen LogP contribution >= 0.6 is 11.3 Å². The average Bonchev–Trinajstić information content (AvgIpc) is 2.57. The Morgan fingerprint density at radius 3 is 2.77 bits per heavy atom. The maximum absolute atomic E-state index is 5.36. The Labute approximate surface area is 83.1 Å². The smallest absolute Gasteiger partial charge is 0.182 e. The van der Waals surface area contributed by atoms with Crippen LogP contribution in [0.1, 0.15) is 20.8 Å². The number of nitrogens with zero attached hydrogens (tertiary/aromatic N) is 1. The topological polar surface area (TPSA) is 34.1 Å². The lowest BCUT2D eigenvalue weighted by atomic mass is 10.0. The summed E-state index contributed by atoms with van der Waals surface area (Å²) in [6.45, 7) is 6.20. The molecule has 1 heterocycles. The molecule has 0 radical (unpaired) electrons. The Bertz CT molecular complexity index is 246. The average molecular weight is 200 g/mol. The van der Waals surface area contributed by atoms with Crippen LogP contribution in [0.25, 0.3) is 0 Å². The van der Waals surface area contributed by atoms with Crippen LogP contribution in [0, 0.1) is 0 Å². The van der Waals surface area contributed by atoms with Crippen LogP contribution in [0.15, 0.2) is 11.6 Å². The second kappa shape index (κ2) is 4.07. The maximum atomic E-state index is 5.36. The highest BCUT2D eigenvalue weighted by Gasteiger charge is 2.25. The van der Waals surface area contributed by atoms with Gasteiger partial charge < -0.3 is 10.1 Å². The summed E-state index contributed by atoms with van der Waals surface area (Å²) in [5.74, 6) is 0. The van der Waals surface area contributed by atoms with E-state index in [9.17, 15) is 0 Å². The summed E-state index contributed by atoms with van der Waals surface area (Å²) >= 11 is 1.60. The molecule has 0 bridgehead atoms. The molecular formula is C9H16N2OS. The second-order valence-corrected chi connectivity index (χ2v) is 4.41. The van der Waals surface area contributed by atoms with Crippen molar-refractivity contribution in [3.05, 3.63) is 11.6 Å². The maximum Gasteiger partial charge on any atom is 0.182 e. The summed E-state index contributed by atoms with van der Waals surface area (Å²) in [5, 5.41) is 6.19. The molecule has 0 aliphatic rings. The van der Waals surface area contributed by atoms with Gasteiger partial charge in [-0.3, -0.25) is 0 Å². The Morgan fingerprint density at radius 1 is 1.62 bits per heavy atom. The molecular weight excluding hydrogens is 184 g/mol. The predicted octanol–water partition coefficient (Wildman–Crippen LogP) is 2.37. The van der Waals surface area contributed by atoms with E-state index < -0.39 is 0 Å². The molecule has 0 saturated heterocycles. The number of nitrogens with one attached hydrogen (secondary N) is 1. The second-order valence-electron chi connectivity index (χ2n) is 3.51. The van der Waals surface area contributed by atoms with Crippen LogP contribution in [0.2, 0.25) is 0 Å². The molecule has 0 aliphatic carbocycles. The third kappa shape index (κ3) is 2.67. The Kier molecular flexibility index (Phi) is 3.27. The first-order chi connectivity index (χ1) is 6.06. The van der Waals surface area contributed by atoms with E-state index in [0.717, 1.165) is 5.13 Å². The molecule has 1 N–H and O–H groups in total. The van der Waals surface area contributed by atoms with E-state index in [1.807, 2.05) is 5.38 Å². The van der Waals surface area contributed by atoms with Crippen LogP contribution in [0.4, 0.5) is 5.13 Å². The highest BCUT2D eigenvalue weighted by Crippen LogP contribution is 2.19. The van der Waals surface area contributed by atoms with Gasteiger partial charge >= 0.3 is 0 Å². The first-order valence-corrected chi connectivity index (χ1v) is 5.15. The number of aromatic nitrogens is 1. The van der Waals surface area contributed by atoms with Gasteiger partial charge in [0.1, 0.15) is 0 Å². The summed E-state index contributed by atoms with van der Waals surface area (Å²) in [5.41, 5.74) is -0.175. The first-order valence-electron chi connectivity index (χ1n) is 4.27. The van der Waals surface area contributed by atoms with E-state index >= 15 is 0 Å². The number of rotatable bonds is 4. The molecule has 1 aromatic rings. The van der Waals surface area contributed by atoms with Crippen molar-refractivity contribution in [3.8, 4) is 0 Å². The summed E-state index contributed by atoms with van der Waals surface area (Å²) < 4.78 is 5.36. The van der Waals surface area contributed by atoms with Crippen molar-refractivity contribution >= 4 is 16.5 Å². The molecule has 0 saturated carbocycles. The van der Waals surface area contributed by atoms with Crippen LogP contribution in [-0.4, -0.2) is 23.7 Å². The van der Waals surface area contributed by atoms with Gasteiger partial charge in [-0.1, -0.05) is 0 Å². The lowest BCUT2D eigenvalue weighted by molar-refractivity contribution is 0.0107. The molecule has 0 aliphatic heterocycles. The van der Waals surface area contributed by atoms with Crippen LogP contribution < -0.4 is 5.32 Å². The highest BCUT2D eigenvalue weighted by molar-refractivity contribution is 7.13. The minimum atomic E-state index is -0.175. The quantitative estimate of drug-likeness (QED) is 0.810. The van der Waals surface area contributed by atoms with E-state index in [-0.39, 0.29) is 11.6 Å². The number of ether oxygens (including phenoxy) is 1. The molecule has 0 amide bonds. The third-order valence-electron chi connectivity index (χ3n) is 2.34.